The molecule has 1 aromatic rings. The normalized spacial score (nSPS) is 15.4. The Morgan fingerprint density at radius 3 is 2.89 bits per heavy atom. The fraction of sp³-hybridized carbons (Fsp3) is 0.429. The van der Waals surface area contributed by atoms with Gasteiger partial charge < -0.3 is 15.4 Å². The summed E-state index contributed by atoms with van der Waals surface area (Å²) in [5.41, 5.74) is 7.39. The highest BCUT2D eigenvalue weighted by Crippen LogP contribution is 2.23. The van der Waals surface area contributed by atoms with Crippen molar-refractivity contribution in [1.29, 1.82) is 0 Å². The van der Waals surface area contributed by atoms with Crippen LogP contribution in [0.2, 0.25) is 0 Å². The molecule has 0 unspecified atom stereocenters. The highest BCUT2D eigenvalue weighted by atomic mass is 32.1. The van der Waals surface area contributed by atoms with Gasteiger partial charge in [-0.05, 0) is 31.0 Å². The van der Waals surface area contributed by atoms with Crippen molar-refractivity contribution in [3.63, 3.8) is 0 Å². The van der Waals surface area contributed by atoms with Gasteiger partial charge in [-0.25, -0.2) is 0 Å². The number of hydrogen-bond donors (Lipinski definition) is 1. The summed E-state index contributed by atoms with van der Waals surface area (Å²) < 4.78 is 5.33. The van der Waals surface area contributed by atoms with E-state index in [-0.39, 0.29) is 5.91 Å². The summed E-state index contributed by atoms with van der Waals surface area (Å²) in [4.78, 5) is 14.1. The smallest absolute Gasteiger partial charge is 0.222 e. The summed E-state index contributed by atoms with van der Waals surface area (Å²) in [5.74, 6) is 0.965. The maximum atomic E-state index is 11.9. The van der Waals surface area contributed by atoms with Gasteiger partial charge in [0.05, 0.1) is 7.11 Å². The average Bonchev–Trinajstić information content (AvgIpc) is 2.41. The number of methoxy groups -OCH3 is 1. The molecule has 2 rings (SSSR count). The molecule has 0 bridgehead atoms. The Hall–Kier alpha value is -1.62. The molecular formula is C14H18N2O2S. The van der Waals surface area contributed by atoms with Crippen LogP contribution in [0.4, 0.5) is 0 Å². The van der Waals surface area contributed by atoms with Gasteiger partial charge in [-0.3, -0.25) is 4.79 Å². The molecule has 5 heteroatoms. The van der Waals surface area contributed by atoms with Crippen LogP contribution in [0.3, 0.4) is 0 Å². The van der Waals surface area contributed by atoms with E-state index in [2.05, 4.69) is 0 Å². The summed E-state index contributed by atoms with van der Waals surface area (Å²) in [6.07, 6.45) is 2.68. The third-order valence-electron chi connectivity index (χ3n) is 3.35. The minimum Gasteiger partial charge on any atom is -0.496 e. The zero-order chi connectivity index (χ0) is 13.8. The van der Waals surface area contributed by atoms with Crippen LogP contribution in [-0.4, -0.2) is 29.5 Å². The summed E-state index contributed by atoms with van der Waals surface area (Å²) in [7, 11) is 1.62. The van der Waals surface area contributed by atoms with Gasteiger partial charge in [0.1, 0.15) is 10.7 Å². The average molecular weight is 278 g/mol. The van der Waals surface area contributed by atoms with Crippen LogP contribution >= 0.6 is 12.2 Å². The number of likely N-dealkylation sites (tertiary alicyclic amines) is 1. The quantitative estimate of drug-likeness (QED) is 0.854. The maximum Gasteiger partial charge on any atom is 0.222 e. The standard InChI is InChI=1S/C14H18N2O2S/c1-18-12-6-5-10(14(15)19)8-11(12)9-16-7-3-2-4-13(16)17/h5-6,8H,2-4,7,9H2,1H3,(H2,15,19). The van der Waals surface area contributed by atoms with E-state index < -0.39 is 0 Å². The molecule has 0 aliphatic carbocycles. The van der Waals surface area contributed by atoms with Crippen LogP contribution in [0.1, 0.15) is 30.4 Å². The van der Waals surface area contributed by atoms with Gasteiger partial charge in [0.25, 0.3) is 0 Å². The molecule has 4 nitrogen and oxygen atoms in total. The van der Waals surface area contributed by atoms with Crippen molar-refractivity contribution in [1.82, 2.24) is 4.90 Å². The lowest BCUT2D eigenvalue weighted by molar-refractivity contribution is -0.133. The van der Waals surface area contributed by atoms with Crippen molar-refractivity contribution in [3.05, 3.63) is 29.3 Å². The van der Waals surface area contributed by atoms with Crippen LogP contribution in [0.15, 0.2) is 18.2 Å². The largest absolute Gasteiger partial charge is 0.496 e. The first kappa shape index (κ1) is 13.8. The lowest BCUT2D eigenvalue weighted by Gasteiger charge is -2.27. The first-order valence-corrected chi connectivity index (χ1v) is 6.77. The van der Waals surface area contributed by atoms with Crippen molar-refractivity contribution in [3.8, 4) is 5.75 Å². The fourth-order valence-corrected chi connectivity index (χ4v) is 2.42. The minimum atomic E-state index is 0.203. The number of rotatable bonds is 4. The maximum absolute atomic E-state index is 11.9. The summed E-state index contributed by atoms with van der Waals surface area (Å²) in [5, 5.41) is 0. The van der Waals surface area contributed by atoms with E-state index in [1.165, 1.54) is 0 Å². The SMILES string of the molecule is COc1ccc(C(N)=S)cc1CN1CCCCC1=O. The summed E-state index contributed by atoms with van der Waals surface area (Å²) >= 11 is 4.99. The Morgan fingerprint density at radius 1 is 1.47 bits per heavy atom. The van der Waals surface area contributed by atoms with Crippen molar-refractivity contribution >= 4 is 23.1 Å². The Balaban J connectivity index is 2.23. The summed E-state index contributed by atoms with van der Waals surface area (Å²) in [6, 6.07) is 5.59. The van der Waals surface area contributed by atoms with E-state index in [1.54, 1.807) is 7.11 Å². The van der Waals surface area contributed by atoms with Gasteiger partial charge in [0.2, 0.25) is 5.91 Å². The number of amides is 1. The third-order valence-corrected chi connectivity index (χ3v) is 3.58. The highest BCUT2D eigenvalue weighted by molar-refractivity contribution is 7.80. The second kappa shape index (κ2) is 6.02. The molecule has 0 atom stereocenters. The number of carbonyl (C=O) groups is 1. The molecule has 1 fully saturated rings. The molecule has 1 aliphatic rings. The molecule has 2 N–H and O–H groups in total. The fourth-order valence-electron chi connectivity index (χ4n) is 2.29. The Morgan fingerprint density at radius 2 is 2.26 bits per heavy atom. The third kappa shape index (κ3) is 3.23. The van der Waals surface area contributed by atoms with Crippen LogP contribution in [0, 0.1) is 0 Å². The lowest BCUT2D eigenvalue weighted by atomic mass is 10.1. The first-order valence-electron chi connectivity index (χ1n) is 6.36. The van der Waals surface area contributed by atoms with Gasteiger partial charge in [-0.1, -0.05) is 12.2 Å². The molecule has 0 saturated carbocycles. The molecule has 1 saturated heterocycles. The zero-order valence-electron chi connectivity index (χ0n) is 11.0. The van der Waals surface area contributed by atoms with Gasteiger partial charge in [0, 0.05) is 30.6 Å². The van der Waals surface area contributed by atoms with E-state index in [9.17, 15) is 4.79 Å². The van der Waals surface area contributed by atoms with Crippen LogP contribution < -0.4 is 10.5 Å². The van der Waals surface area contributed by atoms with E-state index in [0.29, 0.717) is 18.0 Å². The number of thiocarbonyl (C=S) groups is 1. The van der Waals surface area contributed by atoms with Crippen molar-refractivity contribution in [2.24, 2.45) is 5.73 Å². The second-order valence-corrected chi connectivity index (χ2v) is 5.10. The molecule has 1 aliphatic heterocycles. The number of piperidine rings is 1. The number of ether oxygens (including phenoxy) is 1. The van der Waals surface area contributed by atoms with E-state index in [4.69, 9.17) is 22.7 Å². The number of nitrogens with zero attached hydrogens (tertiary/aromatic N) is 1. The zero-order valence-corrected chi connectivity index (χ0v) is 11.8. The molecule has 19 heavy (non-hydrogen) atoms. The Bertz CT molecular complexity index is 502. The van der Waals surface area contributed by atoms with E-state index in [0.717, 1.165) is 36.3 Å². The molecule has 1 aromatic carbocycles. The van der Waals surface area contributed by atoms with Gasteiger partial charge in [0.15, 0.2) is 0 Å². The van der Waals surface area contributed by atoms with Crippen LogP contribution in [-0.2, 0) is 11.3 Å². The molecule has 1 heterocycles. The molecule has 1 amide bonds. The summed E-state index contributed by atoms with van der Waals surface area (Å²) in [6.45, 7) is 1.36. The van der Waals surface area contributed by atoms with Crippen molar-refractivity contribution in [2.75, 3.05) is 13.7 Å². The predicted molar refractivity (Wildman–Crippen MR) is 78.1 cm³/mol. The molecular weight excluding hydrogens is 260 g/mol. The minimum absolute atomic E-state index is 0.203. The molecule has 0 spiro atoms. The Labute approximate surface area is 118 Å². The van der Waals surface area contributed by atoms with E-state index in [1.807, 2.05) is 23.1 Å². The number of benzene rings is 1. The van der Waals surface area contributed by atoms with E-state index >= 15 is 0 Å². The predicted octanol–water partition coefficient (Wildman–Crippen LogP) is 1.84. The van der Waals surface area contributed by atoms with Crippen LogP contribution in [0.5, 0.6) is 5.75 Å². The molecule has 0 aromatic heterocycles. The molecule has 102 valence electrons. The monoisotopic (exact) mass is 278 g/mol. The van der Waals surface area contributed by atoms with Crippen molar-refractivity contribution < 1.29 is 9.53 Å². The number of nitrogens with two attached hydrogens (primary N) is 1. The Kier molecular flexibility index (Phi) is 4.37. The van der Waals surface area contributed by atoms with Crippen molar-refractivity contribution in [2.45, 2.75) is 25.8 Å². The number of carbonyl (C=O) groups excluding carboxylic acids is 1. The number of hydrogen-bond acceptors (Lipinski definition) is 3. The van der Waals surface area contributed by atoms with Gasteiger partial charge in [-0.15, -0.1) is 0 Å². The van der Waals surface area contributed by atoms with Gasteiger partial charge >= 0.3 is 0 Å². The topological polar surface area (TPSA) is 55.6 Å². The molecule has 0 radical (unpaired) electrons. The second-order valence-electron chi connectivity index (χ2n) is 4.66. The van der Waals surface area contributed by atoms with Crippen LogP contribution in [0.25, 0.3) is 0 Å². The lowest BCUT2D eigenvalue weighted by Crippen LogP contribution is -2.34. The first-order chi connectivity index (χ1) is 9.11. The highest BCUT2D eigenvalue weighted by Gasteiger charge is 2.19. The van der Waals surface area contributed by atoms with Gasteiger partial charge in [-0.2, -0.15) is 0 Å².